The summed E-state index contributed by atoms with van der Waals surface area (Å²) in [6.45, 7) is 5.12. The van der Waals surface area contributed by atoms with Gasteiger partial charge in [0.15, 0.2) is 0 Å². The number of carbonyl (C=O) groups is 2. The van der Waals surface area contributed by atoms with Crippen molar-refractivity contribution in [3.8, 4) is 0 Å². The van der Waals surface area contributed by atoms with E-state index in [2.05, 4.69) is 15.3 Å². The van der Waals surface area contributed by atoms with Crippen LogP contribution in [0.5, 0.6) is 0 Å². The Labute approximate surface area is 147 Å². The van der Waals surface area contributed by atoms with E-state index < -0.39 is 0 Å². The first-order chi connectivity index (χ1) is 12.2. The number of hydrogen-bond donors (Lipinski definition) is 1. The van der Waals surface area contributed by atoms with E-state index in [0.717, 1.165) is 38.8 Å². The Hall–Kier alpha value is -2.38. The maximum Gasteiger partial charge on any atom is 0.409 e. The molecular weight excluding hydrogens is 322 g/mol. The first kappa shape index (κ1) is 17.4. The monoisotopic (exact) mass is 347 g/mol. The summed E-state index contributed by atoms with van der Waals surface area (Å²) in [5.74, 6) is 0.632. The lowest BCUT2D eigenvalue weighted by Gasteiger charge is -2.31. The molecule has 0 saturated carbocycles. The fourth-order valence-electron chi connectivity index (χ4n) is 3.27. The van der Waals surface area contributed by atoms with Gasteiger partial charge >= 0.3 is 6.09 Å². The lowest BCUT2D eigenvalue weighted by Crippen LogP contribution is -2.42. The second-order valence-corrected chi connectivity index (χ2v) is 6.39. The van der Waals surface area contributed by atoms with Crippen LogP contribution < -0.4 is 5.32 Å². The fraction of sp³-hybridized carbons (Fsp3) is 0.647. The molecule has 2 aliphatic heterocycles. The molecule has 3 heterocycles. The summed E-state index contributed by atoms with van der Waals surface area (Å²) in [4.78, 5) is 36.1. The Kier molecular flexibility index (Phi) is 5.67. The zero-order chi connectivity index (χ0) is 17.6. The van der Waals surface area contributed by atoms with E-state index in [-0.39, 0.29) is 18.0 Å². The van der Waals surface area contributed by atoms with Gasteiger partial charge in [0.2, 0.25) is 0 Å². The molecule has 2 amide bonds. The van der Waals surface area contributed by atoms with Gasteiger partial charge in [0.1, 0.15) is 17.8 Å². The maximum atomic E-state index is 12.4. The predicted molar refractivity (Wildman–Crippen MR) is 92.4 cm³/mol. The van der Waals surface area contributed by atoms with Crippen LogP contribution in [0.25, 0.3) is 0 Å². The molecule has 8 nitrogen and oxygen atoms in total. The van der Waals surface area contributed by atoms with Crippen molar-refractivity contribution in [1.82, 2.24) is 19.8 Å². The van der Waals surface area contributed by atoms with Crippen molar-refractivity contribution >= 4 is 17.8 Å². The van der Waals surface area contributed by atoms with Crippen LogP contribution in [0.3, 0.4) is 0 Å². The Morgan fingerprint density at radius 3 is 2.56 bits per heavy atom. The number of anilines is 1. The normalized spacial score (nSPS) is 18.3. The predicted octanol–water partition coefficient (Wildman–Crippen LogP) is 1.75. The molecule has 0 aromatic carbocycles. The zero-order valence-corrected chi connectivity index (χ0v) is 14.6. The third-order valence-corrected chi connectivity index (χ3v) is 4.65. The van der Waals surface area contributed by atoms with Crippen LogP contribution >= 0.6 is 0 Å². The van der Waals surface area contributed by atoms with E-state index in [1.54, 1.807) is 11.0 Å². The lowest BCUT2D eigenvalue weighted by atomic mass is 10.1. The molecule has 8 heteroatoms. The van der Waals surface area contributed by atoms with E-state index >= 15 is 0 Å². The molecule has 136 valence electrons. The van der Waals surface area contributed by atoms with Crippen molar-refractivity contribution in [3.63, 3.8) is 0 Å². The van der Waals surface area contributed by atoms with Gasteiger partial charge < -0.3 is 19.9 Å². The van der Waals surface area contributed by atoms with Gasteiger partial charge in [-0.05, 0) is 32.6 Å². The number of carbonyl (C=O) groups excluding carboxylic acids is 2. The highest BCUT2D eigenvalue weighted by Gasteiger charge is 2.25. The quantitative estimate of drug-likeness (QED) is 0.893. The smallest absolute Gasteiger partial charge is 0.409 e. The molecule has 0 atom stereocenters. The van der Waals surface area contributed by atoms with Crippen LogP contribution in [0, 0.1) is 0 Å². The highest BCUT2D eigenvalue weighted by Crippen LogP contribution is 2.17. The number of ether oxygens (including phenoxy) is 1. The molecular formula is C17H25N5O3. The first-order valence-corrected chi connectivity index (χ1v) is 8.97. The van der Waals surface area contributed by atoms with Crippen molar-refractivity contribution in [2.45, 2.75) is 38.6 Å². The van der Waals surface area contributed by atoms with Crippen molar-refractivity contribution in [1.29, 1.82) is 0 Å². The van der Waals surface area contributed by atoms with Gasteiger partial charge in [-0.2, -0.15) is 0 Å². The third kappa shape index (κ3) is 4.37. The molecule has 1 aromatic heterocycles. The maximum absolute atomic E-state index is 12.4. The Bertz CT molecular complexity index is 610. The van der Waals surface area contributed by atoms with Crippen LogP contribution in [0.1, 0.15) is 43.1 Å². The molecule has 0 bridgehead atoms. The van der Waals surface area contributed by atoms with Crippen molar-refractivity contribution < 1.29 is 14.3 Å². The Morgan fingerprint density at radius 2 is 1.88 bits per heavy atom. The van der Waals surface area contributed by atoms with Gasteiger partial charge in [0.25, 0.3) is 5.91 Å². The van der Waals surface area contributed by atoms with Gasteiger partial charge in [-0.25, -0.2) is 14.8 Å². The molecule has 3 rings (SSSR count). The van der Waals surface area contributed by atoms with Gasteiger partial charge in [-0.1, -0.05) is 0 Å². The average Bonchev–Trinajstić information content (AvgIpc) is 3.17. The highest BCUT2D eigenvalue weighted by molar-refractivity contribution is 5.93. The van der Waals surface area contributed by atoms with E-state index in [1.165, 1.54) is 6.33 Å². The molecule has 1 N–H and O–H groups in total. The molecule has 2 fully saturated rings. The van der Waals surface area contributed by atoms with Gasteiger partial charge in [-0.15, -0.1) is 0 Å². The topological polar surface area (TPSA) is 87.7 Å². The SMILES string of the molecule is CCOC(=O)N1CCC(Nc2cc(C(=O)N3CCCC3)ncn2)CC1. The fourth-order valence-corrected chi connectivity index (χ4v) is 3.27. The molecule has 2 aliphatic rings. The van der Waals surface area contributed by atoms with Crippen LogP contribution in [-0.4, -0.2) is 70.6 Å². The van der Waals surface area contributed by atoms with Crippen molar-refractivity contribution in [3.05, 3.63) is 18.1 Å². The summed E-state index contributed by atoms with van der Waals surface area (Å²) in [6, 6.07) is 1.94. The van der Waals surface area contributed by atoms with Crippen molar-refractivity contribution in [2.24, 2.45) is 0 Å². The molecule has 0 unspecified atom stereocenters. The van der Waals surface area contributed by atoms with E-state index in [9.17, 15) is 9.59 Å². The number of hydrogen-bond acceptors (Lipinski definition) is 6. The number of rotatable bonds is 4. The molecule has 25 heavy (non-hydrogen) atoms. The average molecular weight is 347 g/mol. The number of piperidine rings is 1. The summed E-state index contributed by atoms with van der Waals surface area (Å²) < 4.78 is 5.03. The molecule has 0 spiro atoms. The summed E-state index contributed by atoms with van der Waals surface area (Å²) in [7, 11) is 0. The number of nitrogens with one attached hydrogen (secondary N) is 1. The number of likely N-dealkylation sites (tertiary alicyclic amines) is 2. The number of nitrogens with zero attached hydrogens (tertiary/aromatic N) is 4. The molecule has 2 saturated heterocycles. The third-order valence-electron chi connectivity index (χ3n) is 4.65. The number of amides is 2. The van der Waals surface area contributed by atoms with E-state index in [1.807, 2.05) is 11.8 Å². The Balaban J connectivity index is 1.54. The van der Waals surface area contributed by atoms with Crippen LogP contribution in [0.2, 0.25) is 0 Å². The lowest BCUT2D eigenvalue weighted by molar-refractivity contribution is 0.0786. The summed E-state index contributed by atoms with van der Waals surface area (Å²) in [5.41, 5.74) is 0.434. The van der Waals surface area contributed by atoms with Crippen LogP contribution in [0.4, 0.5) is 10.6 Å². The van der Waals surface area contributed by atoms with Crippen molar-refractivity contribution in [2.75, 3.05) is 38.1 Å². The minimum absolute atomic E-state index is 0.0277. The Morgan fingerprint density at radius 1 is 1.16 bits per heavy atom. The summed E-state index contributed by atoms with van der Waals surface area (Å²) in [6.07, 6.45) is 4.93. The zero-order valence-electron chi connectivity index (χ0n) is 14.6. The second kappa shape index (κ2) is 8.13. The molecule has 1 aromatic rings. The first-order valence-electron chi connectivity index (χ1n) is 8.97. The minimum Gasteiger partial charge on any atom is -0.450 e. The van der Waals surface area contributed by atoms with Crippen LogP contribution in [-0.2, 0) is 4.74 Å². The largest absolute Gasteiger partial charge is 0.450 e. The van der Waals surface area contributed by atoms with Gasteiger partial charge in [0, 0.05) is 38.3 Å². The van der Waals surface area contributed by atoms with Gasteiger partial charge in [0.05, 0.1) is 6.61 Å². The summed E-state index contributed by atoms with van der Waals surface area (Å²) >= 11 is 0. The highest BCUT2D eigenvalue weighted by atomic mass is 16.6. The van der Waals surface area contributed by atoms with E-state index in [0.29, 0.717) is 31.2 Å². The standard InChI is InChI=1S/C17H25N5O3/c1-2-25-17(24)22-9-5-13(6-10-22)20-15-11-14(18-12-19-15)16(23)21-7-3-4-8-21/h11-13H,2-10H2,1H3,(H,18,19,20). The van der Waals surface area contributed by atoms with Gasteiger partial charge in [-0.3, -0.25) is 4.79 Å². The second-order valence-electron chi connectivity index (χ2n) is 6.39. The number of aromatic nitrogens is 2. The molecule has 0 aliphatic carbocycles. The van der Waals surface area contributed by atoms with E-state index in [4.69, 9.17) is 4.74 Å². The minimum atomic E-state index is -0.249. The summed E-state index contributed by atoms with van der Waals surface area (Å²) in [5, 5.41) is 3.36. The van der Waals surface area contributed by atoms with Crippen LogP contribution in [0.15, 0.2) is 12.4 Å². The molecule has 0 radical (unpaired) electrons.